The Kier molecular flexibility index (Phi) is 69.3. The number of unbranched alkanes of at least 4 members (excludes halogenated alkanes) is 46. The van der Waals surface area contributed by atoms with Gasteiger partial charge in [-0.3, -0.25) is 37.3 Å². The predicted molar refractivity (Wildman–Crippen MR) is 400 cm³/mol. The molecule has 0 saturated carbocycles. The molecule has 0 aliphatic heterocycles. The zero-order chi connectivity index (χ0) is 72.1. The molecule has 0 aromatic carbocycles. The fraction of sp³-hybridized carbons (Fsp3) is 0.949. The number of phosphoric ester groups is 2. The minimum Gasteiger partial charge on any atom is -0.462 e. The summed E-state index contributed by atoms with van der Waals surface area (Å²) in [6.07, 6.45) is 59.5. The summed E-state index contributed by atoms with van der Waals surface area (Å²) in [7, 11) is -9.91. The molecule has 7 atom stereocenters. The van der Waals surface area contributed by atoms with Gasteiger partial charge in [0.05, 0.1) is 26.4 Å². The fourth-order valence-electron chi connectivity index (χ4n) is 12.1. The molecule has 0 radical (unpaired) electrons. The number of aliphatic hydroxyl groups is 1. The van der Waals surface area contributed by atoms with E-state index >= 15 is 0 Å². The van der Waals surface area contributed by atoms with E-state index in [9.17, 15) is 43.2 Å². The number of ether oxygens (including phenoxy) is 4. The maximum absolute atomic E-state index is 13.1. The lowest BCUT2D eigenvalue weighted by atomic mass is 9.99. The first kappa shape index (κ1) is 96.1. The van der Waals surface area contributed by atoms with E-state index in [4.69, 9.17) is 37.0 Å². The van der Waals surface area contributed by atoms with Crippen LogP contribution < -0.4 is 0 Å². The van der Waals surface area contributed by atoms with Crippen molar-refractivity contribution in [1.29, 1.82) is 0 Å². The molecule has 582 valence electrons. The van der Waals surface area contributed by atoms with Crippen molar-refractivity contribution in [3.05, 3.63) is 0 Å². The maximum atomic E-state index is 13.1. The first-order valence-electron chi connectivity index (χ1n) is 41.1. The third-order valence-corrected chi connectivity index (χ3v) is 21.1. The Labute approximate surface area is 600 Å². The van der Waals surface area contributed by atoms with Crippen molar-refractivity contribution >= 4 is 39.5 Å². The van der Waals surface area contributed by atoms with Gasteiger partial charge in [0, 0.05) is 25.7 Å². The second-order valence-corrected chi connectivity index (χ2v) is 31.8. The highest BCUT2D eigenvalue weighted by atomic mass is 31.2. The maximum Gasteiger partial charge on any atom is 0.472 e. The lowest BCUT2D eigenvalue weighted by Gasteiger charge is -2.21. The monoisotopic (exact) mass is 1440 g/mol. The summed E-state index contributed by atoms with van der Waals surface area (Å²) >= 11 is 0. The topological polar surface area (TPSA) is 237 Å². The number of hydrogen-bond donors (Lipinski definition) is 3. The van der Waals surface area contributed by atoms with Crippen molar-refractivity contribution in [2.45, 2.75) is 432 Å². The van der Waals surface area contributed by atoms with Crippen LogP contribution in [0.15, 0.2) is 0 Å². The molecule has 0 fully saturated rings. The molecule has 4 unspecified atom stereocenters. The van der Waals surface area contributed by atoms with E-state index in [-0.39, 0.29) is 25.7 Å². The van der Waals surface area contributed by atoms with E-state index < -0.39 is 97.5 Å². The SMILES string of the molecule is CCCCCCCCCCCCCCC(=O)O[C@H](COC(=O)CCCCCCCCCCCC)COP(=O)(O)OC[C@H](O)COP(=O)(O)OC[C@@H](COC(=O)CCCCCCCCCCCCC(C)CC)OC(=O)CCCCCCCCCCCCCCCCCCCCC(C)CC. The number of carbonyl (C=O) groups is 4. The molecule has 3 N–H and O–H groups in total. The Balaban J connectivity index is 5.20. The Morgan fingerprint density at radius 2 is 0.490 bits per heavy atom. The molecule has 0 aliphatic rings. The molecule has 98 heavy (non-hydrogen) atoms. The number of aliphatic hydroxyl groups excluding tert-OH is 1. The van der Waals surface area contributed by atoms with Gasteiger partial charge in [0.2, 0.25) is 0 Å². The number of rotatable bonds is 78. The second kappa shape index (κ2) is 70.7. The zero-order valence-electron chi connectivity index (χ0n) is 64.1. The summed E-state index contributed by atoms with van der Waals surface area (Å²) in [5, 5.41) is 10.6. The first-order valence-corrected chi connectivity index (χ1v) is 44.1. The summed E-state index contributed by atoms with van der Waals surface area (Å²) in [5.41, 5.74) is 0. The molecule has 0 heterocycles. The molecular weight excluding hydrogens is 1280 g/mol. The van der Waals surface area contributed by atoms with Gasteiger partial charge in [-0.25, -0.2) is 9.13 Å². The molecule has 0 saturated heterocycles. The van der Waals surface area contributed by atoms with Crippen LogP contribution in [-0.4, -0.2) is 96.7 Å². The lowest BCUT2D eigenvalue weighted by Crippen LogP contribution is -2.30. The molecule has 0 aromatic rings. The lowest BCUT2D eigenvalue weighted by molar-refractivity contribution is -0.161. The van der Waals surface area contributed by atoms with Gasteiger partial charge in [0.15, 0.2) is 12.2 Å². The summed E-state index contributed by atoms with van der Waals surface area (Å²) in [5.74, 6) is -0.431. The smallest absolute Gasteiger partial charge is 0.462 e. The van der Waals surface area contributed by atoms with Gasteiger partial charge < -0.3 is 33.8 Å². The number of esters is 4. The van der Waals surface area contributed by atoms with Crippen LogP contribution in [0.2, 0.25) is 0 Å². The van der Waals surface area contributed by atoms with Crippen LogP contribution in [0.3, 0.4) is 0 Å². The Hall–Kier alpha value is -1.94. The van der Waals surface area contributed by atoms with Gasteiger partial charge in [-0.1, -0.05) is 363 Å². The number of carbonyl (C=O) groups excluding carboxylic acids is 4. The molecule has 0 rings (SSSR count). The van der Waals surface area contributed by atoms with Crippen LogP contribution in [0.5, 0.6) is 0 Å². The van der Waals surface area contributed by atoms with Crippen LogP contribution in [0.4, 0.5) is 0 Å². The molecule has 0 aromatic heterocycles. The van der Waals surface area contributed by atoms with Crippen molar-refractivity contribution < 1.29 is 80.2 Å². The summed E-state index contributed by atoms with van der Waals surface area (Å²) in [6, 6.07) is 0. The van der Waals surface area contributed by atoms with Gasteiger partial charge in [-0.15, -0.1) is 0 Å². The first-order chi connectivity index (χ1) is 47.4. The van der Waals surface area contributed by atoms with Crippen molar-refractivity contribution in [3.63, 3.8) is 0 Å². The minimum absolute atomic E-state index is 0.108. The summed E-state index contributed by atoms with van der Waals surface area (Å²) in [4.78, 5) is 72.9. The van der Waals surface area contributed by atoms with Crippen molar-refractivity contribution in [2.75, 3.05) is 39.6 Å². The van der Waals surface area contributed by atoms with E-state index in [1.807, 2.05) is 0 Å². The minimum atomic E-state index is -4.96. The van der Waals surface area contributed by atoms with Gasteiger partial charge in [-0.2, -0.15) is 0 Å². The molecule has 0 spiro atoms. The summed E-state index contributed by atoms with van der Waals surface area (Å²) in [6.45, 7) is 9.70. The Morgan fingerprint density at radius 1 is 0.286 bits per heavy atom. The molecule has 0 amide bonds. The summed E-state index contributed by atoms with van der Waals surface area (Å²) < 4.78 is 68.6. The third kappa shape index (κ3) is 69.8. The second-order valence-electron chi connectivity index (χ2n) is 28.9. The average molecular weight is 1440 g/mol. The highest BCUT2D eigenvalue weighted by Gasteiger charge is 2.30. The molecule has 17 nitrogen and oxygen atoms in total. The highest BCUT2D eigenvalue weighted by Crippen LogP contribution is 2.45. The molecule has 0 aliphatic carbocycles. The van der Waals surface area contributed by atoms with Crippen LogP contribution >= 0.6 is 15.6 Å². The van der Waals surface area contributed by atoms with E-state index in [1.165, 1.54) is 231 Å². The quantitative estimate of drug-likeness (QED) is 0.0222. The van der Waals surface area contributed by atoms with Gasteiger partial charge in [0.1, 0.15) is 19.3 Å². The predicted octanol–water partition coefficient (Wildman–Crippen LogP) is 23.5. The van der Waals surface area contributed by atoms with E-state index in [0.29, 0.717) is 25.7 Å². The molecular formula is C79H154O17P2. The van der Waals surface area contributed by atoms with Gasteiger partial charge >= 0.3 is 39.5 Å². The van der Waals surface area contributed by atoms with Crippen LogP contribution in [0.25, 0.3) is 0 Å². The molecule has 0 bridgehead atoms. The third-order valence-electron chi connectivity index (χ3n) is 19.2. The Morgan fingerprint density at radius 3 is 0.724 bits per heavy atom. The number of hydrogen-bond acceptors (Lipinski definition) is 15. The van der Waals surface area contributed by atoms with Gasteiger partial charge in [0.25, 0.3) is 0 Å². The van der Waals surface area contributed by atoms with Gasteiger partial charge in [-0.05, 0) is 37.5 Å². The van der Waals surface area contributed by atoms with E-state index in [1.54, 1.807) is 0 Å². The number of phosphoric acid groups is 2. The van der Waals surface area contributed by atoms with Crippen molar-refractivity contribution in [2.24, 2.45) is 11.8 Å². The van der Waals surface area contributed by atoms with Crippen LogP contribution in [0, 0.1) is 11.8 Å². The van der Waals surface area contributed by atoms with Crippen LogP contribution in [-0.2, 0) is 65.4 Å². The Bertz CT molecular complexity index is 1890. The standard InChI is InChI=1S/C79H154O17P2/c1-7-11-13-15-17-19-21-31-39-45-51-57-63-78(83)95-74(67-89-76(81)61-55-49-43-37-20-18-16-14-12-8-2)69-93-97(85,86)91-65-73(80)66-92-98(87,88)94-70-75(68-90-77(82)62-56-50-44-38-34-33-36-42-48-54-60-72(6)10-4)96-79(84)64-58-52-46-40-32-29-27-25-23-22-24-26-28-30-35-41-47-53-59-71(5)9-3/h71-75,80H,7-70H2,1-6H3,(H,85,86)(H,87,88)/t71?,72?,73-,74+,75+/m0/s1. The largest absolute Gasteiger partial charge is 0.472 e. The van der Waals surface area contributed by atoms with E-state index in [0.717, 1.165) is 102 Å². The highest BCUT2D eigenvalue weighted by molar-refractivity contribution is 7.47. The normalized spacial score (nSPS) is 14.5. The average Bonchev–Trinajstić information content (AvgIpc) is 1.09. The fourth-order valence-corrected chi connectivity index (χ4v) is 13.7. The van der Waals surface area contributed by atoms with Crippen molar-refractivity contribution in [1.82, 2.24) is 0 Å². The van der Waals surface area contributed by atoms with E-state index in [2.05, 4.69) is 41.5 Å². The van der Waals surface area contributed by atoms with Crippen LogP contribution in [0.1, 0.15) is 414 Å². The molecule has 19 heteroatoms. The van der Waals surface area contributed by atoms with Crippen molar-refractivity contribution in [3.8, 4) is 0 Å². The zero-order valence-corrected chi connectivity index (χ0v) is 65.9.